The summed E-state index contributed by atoms with van der Waals surface area (Å²) in [7, 11) is -2.42. The highest BCUT2D eigenvalue weighted by Gasteiger charge is 2.49. The SMILES string of the molecule is C=CCC(C)(NC(=O)C1CC(Oc2nc(-c3ccco3)c(OC)c3ccccc23)CN1C(=O)C(NC(=O)OC(C)(C)C)C(C)(C)C)C(=O)NS(=O)(=O)C1CC1. The normalized spacial score (nSPS) is 19.2. The first-order chi connectivity index (χ1) is 25.7. The number of fused-ring (bicyclic) bond motifs is 1. The summed E-state index contributed by atoms with van der Waals surface area (Å²) in [5.41, 5.74) is -3.08. The molecule has 15 nitrogen and oxygen atoms in total. The molecule has 5 rings (SSSR count). The van der Waals surface area contributed by atoms with Crippen molar-refractivity contribution in [2.45, 2.75) is 109 Å². The largest absolute Gasteiger partial charge is 0.494 e. The number of hydrogen-bond donors (Lipinski definition) is 3. The second-order valence-corrected chi connectivity index (χ2v) is 18.2. The molecule has 2 aromatic heterocycles. The number of nitrogens with zero attached hydrogens (tertiary/aromatic N) is 2. The van der Waals surface area contributed by atoms with Crippen molar-refractivity contribution in [2.75, 3.05) is 13.7 Å². The lowest BCUT2D eigenvalue weighted by molar-refractivity contribution is -0.143. The zero-order valence-corrected chi connectivity index (χ0v) is 33.4. The van der Waals surface area contributed by atoms with E-state index in [0.29, 0.717) is 40.8 Å². The number of aromatic nitrogens is 1. The molecule has 4 amide bonds. The van der Waals surface area contributed by atoms with E-state index in [1.165, 1.54) is 31.3 Å². The van der Waals surface area contributed by atoms with Gasteiger partial charge in [0.1, 0.15) is 29.3 Å². The molecule has 3 aromatic rings. The third-order valence-corrected chi connectivity index (χ3v) is 11.2. The van der Waals surface area contributed by atoms with Gasteiger partial charge in [-0.15, -0.1) is 6.58 Å². The first-order valence-corrected chi connectivity index (χ1v) is 19.7. The molecule has 4 atom stereocenters. The fourth-order valence-electron chi connectivity index (χ4n) is 6.41. The number of pyridine rings is 1. The van der Waals surface area contributed by atoms with E-state index in [9.17, 15) is 27.6 Å². The first-order valence-electron chi connectivity index (χ1n) is 18.1. The van der Waals surface area contributed by atoms with Crippen LogP contribution in [0.25, 0.3) is 22.2 Å². The molecule has 55 heavy (non-hydrogen) atoms. The van der Waals surface area contributed by atoms with Crippen molar-refractivity contribution in [3.8, 4) is 23.1 Å². The Morgan fingerprint density at radius 1 is 1.04 bits per heavy atom. The van der Waals surface area contributed by atoms with E-state index in [0.717, 1.165) is 0 Å². The Morgan fingerprint density at radius 3 is 2.27 bits per heavy atom. The van der Waals surface area contributed by atoms with Crippen molar-refractivity contribution >= 4 is 44.6 Å². The second kappa shape index (κ2) is 15.6. The average Bonchev–Trinajstić information content (AvgIpc) is 3.66. The van der Waals surface area contributed by atoms with Crippen LogP contribution < -0.4 is 24.8 Å². The second-order valence-electron chi connectivity index (χ2n) is 16.2. The summed E-state index contributed by atoms with van der Waals surface area (Å²) >= 11 is 0. The van der Waals surface area contributed by atoms with Crippen LogP contribution in [0, 0.1) is 5.41 Å². The van der Waals surface area contributed by atoms with Gasteiger partial charge in [0.2, 0.25) is 27.7 Å². The molecule has 2 fully saturated rings. The molecule has 1 aliphatic carbocycles. The minimum absolute atomic E-state index is 0.0504. The van der Waals surface area contributed by atoms with Crippen LogP contribution in [0.3, 0.4) is 0 Å². The van der Waals surface area contributed by atoms with E-state index in [4.69, 9.17) is 23.6 Å². The standard InChI is InChI=1S/C39H51N5O10S/c1-10-19-39(8,35(47)43-55(49,50)24-17-18-24)42-32(45)27-21-23(22-44(27)34(46)31(37(2,3)4)41-36(48)54-38(5,6)7)53-33-26-15-12-11-14-25(26)30(51-9)29(40-33)28-16-13-20-52-28/h10-16,20,23-24,27,31H,1,17-19,21-22H2,2-9H3,(H,41,48)(H,42,45)(H,43,47). The summed E-state index contributed by atoms with van der Waals surface area (Å²) in [4.78, 5) is 61.6. The molecule has 0 bridgehead atoms. The van der Waals surface area contributed by atoms with Gasteiger partial charge in [0.15, 0.2) is 17.2 Å². The molecule has 1 aromatic carbocycles. The van der Waals surface area contributed by atoms with Crippen LogP contribution in [-0.4, -0.2) is 90.3 Å². The Labute approximate surface area is 321 Å². The molecule has 2 aliphatic rings. The number of alkyl carbamates (subject to hydrolysis) is 1. The van der Waals surface area contributed by atoms with E-state index in [2.05, 4.69) is 21.9 Å². The summed E-state index contributed by atoms with van der Waals surface area (Å²) in [6, 6.07) is 8.37. The molecule has 1 saturated carbocycles. The number of ether oxygens (including phenoxy) is 3. The van der Waals surface area contributed by atoms with E-state index in [1.807, 2.05) is 24.3 Å². The predicted molar refractivity (Wildman–Crippen MR) is 205 cm³/mol. The van der Waals surface area contributed by atoms with Gasteiger partial charge in [-0.25, -0.2) is 18.2 Å². The van der Waals surface area contributed by atoms with E-state index in [1.54, 1.807) is 53.7 Å². The maximum absolute atomic E-state index is 14.6. The van der Waals surface area contributed by atoms with E-state index in [-0.39, 0.29) is 25.3 Å². The van der Waals surface area contributed by atoms with Gasteiger partial charge in [-0.1, -0.05) is 45.0 Å². The maximum atomic E-state index is 14.6. The third-order valence-electron chi connectivity index (χ3n) is 9.34. The molecule has 1 aliphatic heterocycles. The molecule has 3 heterocycles. The van der Waals surface area contributed by atoms with Crippen LogP contribution in [0.4, 0.5) is 4.79 Å². The number of nitrogens with one attached hydrogen (secondary N) is 3. The molecule has 16 heteroatoms. The van der Waals surface area contributed by atoms with Gasteiger partial charge in [0.05, 0.1) is 25.2 Å². The number of furan rings is 1. The monoisotopic (exact) mass is 781 g/mol. The summed E-state index contributed by atoms with van der Waals surface area (Å²) in [5.74, 6) is -1.19. The van der Waals surface area contributed by atoms with Gasteiger partial charge in [0, 0.05) is 17.2 Å². The molecule has 0 radical (unpaired) electrons. The van der Waals surface area contributed by atoms with Crippen LogP contribution in [0.15, 0.2) is 59.7 Å². The molecule has 0 spiro atoms. The molecule has 4 unspecified atom stereocenters. The summed E-state index contributed by atoms with van der Waals surface area (Å²) in [6.07, 6.45) is 1.96. The number of carbonyl (C=O) groups is 4. The van der Waals surface area contributed by atoms with Crippen LogP contribution in [0.5, 0.6) is 11.6 Å². The Morgan fingerprint density at radius 2 is 1.71 bits per heavy atom. The number of sulfonamides is 1. The van der Waals surface area contributed by atoms with Crippen LogP contribution in [0.1, 0.15) is 74.1 Å². The van der Waals surface area contributed by atoms with Gasteiger partial charge in [-0.3, -0.25) is 19.1 Å². The van der Waals surface area contributed by atoms with Crippen LogP contribution >= 0.6 is 0 Å². The number of methoxy groups -OCH3 is 1. The lowest BCUT2D eigenvalue weighted by atomic mass is 9.85. The first kappa shape index (κ1) is 41.1. The quantitative estimate of drug-likeness (QED) is 0.201. The van der Waals surface area contributed by atoms with Crippen molar-refractivity contribution in [3.63, 3.8) is 0 Å². The van der Waals surface area contributed by atoms with E-state index < -0.39 is 73.8 Å². The smallest absolute Gasteiger partial charge is 0.408 e. The fourth-order valence-corrected chi connectivity index (χ4v) is 7.81. The van der Waals surface area contributed by atoms with Crippen molar-refractivity contribution in [2.24, 2.45) is 5.41 Å². The topological polar surface area (TPSA) is 195 Å². The molecule has 298 valence electrons. The minimum atomic E-state index is -3.95. The average molecular weight is 782 g/mol. The lowest BCUT2D eigenvalue weighted by Gasteiger charge is -2.36. The molecular weight excluding hydrogens is 731 g/mol. The minimum Gasteiger partial charge on any atom is -0.494 e. The molecule has 1 saturated heterocycles. The Bertz CT molecular complexity index is 2050. The Kier molecular flexibility index (Phi) is 11.6. The highest BCUT2D eigenvalue weighted by Crippen LogP contribution is 2.40. The number of rotatable bonds is 13. The Balaban J connectivity index is 1.52. The van der Waals surface area contributed by atoms with Gasteiger partial charge in [-0.05, 0) is 70.6 Å². The van der Waals surface area contributed by atoms with Crippen molar-refractivity contribution < 1.29 is 46.2 Å². The van der Waals surface area contributed by atoms with Crippen molar-refractivity contribution in [3.05, 3.63) is 55.3 Å². The fraction of sp³-hybridized carbons (Fsp3) is 0.513. The van der Waals surface area contributed by atoms with Crippen molar-refractivity contribution in [1.82, 2.24) is 25.2 Å². The number of benzene rings is 1. The zero-order chi connectivity index (χ0) is 40.5. The molecular formula is C39H51N5O10S. The summed E-state index contributed by atoms with van der Waals surface area (Å²) in [6.45, 7) is 15.4. The maximum Gasteiger partial charge on any atom is 0.408 e. The number of amides is 4. The van der Waals surface area contributed by atoms with Gasteiger partial charge < -0.3 is 34.2 Å². The number of carbonyl (C=O) groups excluding carboxylic acids is 4. The predicted octanol–water partition coefficient (Wildman–Crippen LogP) is 4.85. The van der Waals surface area contributed by atoms with Crippen LogP contribution in [0.2, 0.25) is 0 Å². The molecule has 3 N–H and O–H groups in total. The summed E-state index contributed by atoms with van der Waals surface area (Å²) in [5, 5.41) is 6.02. The van der Waals surface area contributed by atoms with Gasteiger partial charge in [0.25, 0.3) is 5.91 Å². The zero-order valence-electron chi connectivity index (χ0n) is 32.6. The summed E-state index contributed by atoms with van der Waals surface area (Å²) < 4.78 is 51.0. The van der Waals surface area contributed by atoms with Gasteiger partial charge in [-0.2, -0.15) is 0 Å². The lowest BCUT2D eigenvalue weighted by Crippen LogP contribution is -2.62. The van der Waals surface area contributed by atoms with Crippen molar-refractivity contribution in [1.29, 1.82) is 0 Å². The van der Waals surface area contributed by atoms with Gasteiger partial charge >= 0.3 is 6.09 Å². The number of likely N-dealkylation sites (tertiary alicyclic amines) is 1. The highest BCUT2D eigenvalue weighted by molar-refractivity contribution is 7.91. The Hall–Kier alpha value is -5.12. The highest BCUT2D eigenvalue weighted by atomic mass is 32.2. The van der Waals surface area contributed by atoms with Crippen LogP contribution in [-0.2, 0) is 29.1 Å². The third kappa shape index (κ3) is 9.40. The van der Waals surface area contributed by atoms with E-state index >= 15 is 0 Å². The number of hydrogen-bond acceptors (Lipinski definition) is 11.